The van der Waals surface area contributed by atoms with E-state index in [-0.39, 0.29) is 23.7 Å². The molecule has 3 nitrogen and oxygen atoms in total. The summed E-state index contributed by atoms with van der Waals surface area (Å²) < 4.78 is 0. The predicted octanol–water partition coefficient (Wildman–Crippen LogP) is 0.246. The molecule has 1 N–H and O–H groups in total. The Morgan fingerprint density at radius 3 is 2.45 bits per heavy atom. The van der Waals surface area contributed by atoms with Gasteiger partial charge in [0.2, 0.25) is 5.91 Å². The van der Waals surface area contributed by atoms with Gasteiger partial charge in [0.1, 0.15) is 0 Å². The van der Waals surface area contributed by atoms with Crippen molar-refractivity contribution >= 4 is 11.7 Å². The normalized spacial score (nSPS) is 28.0. The molecule has 0 aromatic heterocycles. The summed E-state index contributed by atoms with van der Waals surface area (Å²) in [6.07, 6.45) is 3.40. The number of piperidine rings is 1. The first-order valence-corrected chi connectivity index (χ1v) is 4.03. The first-order valence-electron chi connectivity index (χ1n) is 4.03. The molecule has 0 bridgehead atoms. The Morgan fingerprint density at radius 1 is 1.27 bits per heavy atom. The molecule has 1 heterocycles. The fourth-order valence-electron chi connectivity index (χ4n) is 1.89. The number of carbonyl (C=O) groups is 2. The second kappa shape index (κ2) is 2.06. The maximum absolute atomic E-state index is 11.3. The van der Waals surface area contributed by atoms with Gasteiger partial charge in [-0.1, -0.05) is 6.42 Å². The first-order chi connectivity index (χ1) is 5.23. The minimum absolute atomic E-state index is 0.100. The Bertz CT molecular complexity index is 218. The van der Waals surface area contributed by atoms with E-state index in [1.165, 1.54) is 0 Å². The van der Waals surface area contributed by atoms with Crippen LogP contribution in [0, 0.1) is 5.41 Å². The van der Waals surface area contributed by atoms with Gasteiger partial charge >= 0.3 is 0 Å². The second-order valence-electron chi connectivity index (χ2n) is 3.53. The van der Waals surface area contributed by atoms with Gasteiger partial charge in [-0.3, -0.25) is 9.59 Å². The van der Waals surface area contributed by atoms with Gasteiger partial charge in [0.05, 0.1) is 12.0 Å². The van der Waals surface area contributed by atoms with Gasteiger partial charge in [0.15, 0.2) is 5.78 Å². The first kappa shape index (κ1) is 6.83. The topological polar surface area (TPSA) is 46.2 Å². The molecule has 1 spiro atoms. The zero-order valence-electron chi connectivity index (χ0n) is 6.35. The number of Topliss-reactive ketones (excluding diaryl/α,β-unsaturated/α-hetero) is 1. The number of hydrogen-bond donors (Lipinski definition) is 1. The zero-order valence-corrected chi connectivity index (χ0v) is 6.35. The monoisotopic (exact) mass is 153 g/mol. The van der Waals surface area contributed by atoms with Crippen LogP contribution in [-0.4, -0.2) is 18.2 Å². The maximum atomic E-state index is 11.3. The van der Waals surface area contributed by atoms with Crippen LogP contribution in [0.25, 0.3) is 0 Å². The lowest BCUT2D eigenvalue weighted by atomic mass is 9.64. The van der Waals surface area contributed by atoms with Gasteiger partial charge < -0.3 is 5.32 Å². The van der Waals surface area contributed by atoms with E-state index in [2.05, 4.69) is 5.32 Å². The number of rotatable bonds is 0. The molecule has 1 saturated carbocycles. The van der Waals surface area contributed by atoms with E-state index >= 15 is 0 Å². The van der Waals surface area contributed by atoms with Crippen LogP contribution in [0.15, 0.2) is 0 Å². The highest BCUT2D eigenvalue weighted by atomic mass is 16.2. The summed E-state index contributed by atoms with van der Waals surface area (Å²) in [5.74, 6) is 0.285. The highest BCUT2D eigenvalue weighted by Gasteiger charge is 2.47. The van der Waals surface area contributed by atoms with Crippen molar-refractivity contribution in [3.8, 4) is 0 Å². The molecule has 2 fully saturated rings. The van der Waals surface area contributed by atoms with Gasteiger partial charge in [-0.25, -0.2) is 0 Å². The average Bonchev–Trinajstić information content (AvgIpc) is 1.91. The summed E-state index contributed by atoms with van der Waals surface area (Å²) in [6, 6.07) is 0. The van der Waals surface area contributed by atoms with E-state index in [1.54, 1.807) is 0 Å². The molecule has 0 radical (unpaired) electrons. The average molecular weight is 153 g/mol. The van der Waals surface area contributed by atoms with Crippen molar-refractivity contribution in [2.75, 3.05) is 6.54 Å². The van der Waals surface area contributed by atoms with Crippen LogP contribution in [0.5, 0.6) is 0 Å². The molecule has 11 heavy (non-hydrogen) atoms. The molecule has 1 aliphatic carbocycles. The molecule has 2 rings (SSSR count). The molecule has 1 saturated heterocycles. The highest BCUT2D eigenvalue weighted by Crippen LogP contribution is 2.45. The lowest BCUT2D eigenvalue weighted by Crippen LogP contribution is -2.53. The van der Waals surface area contributed by atoms with Crippen molar-refractivity contribution in [3.63, 3.8) is 0 Å². The lowest BCUT2D eigenvalue weighted by Gasteiger charge is -2.42. The third-order valence-corrected chi connectivity index (χ3v) is 2.77. The fraction of sp³-hybridized carbons (Fsp3) is 0.750. The molecule has 60 valence electrons. The SMILES string of the molecule is O=C1CNC(=O)C2(CCC2)C1. The van der Waals surface area contributed by atoms with Crippen molar-refractivity contribution < 1.29 is 9.59 Å². The molecule has 0 aromatic rings. The van der Waals surface area contributed by atoms with Gasteiger partial charge in [-0.2, -0.15) is 0 Å². The minimum atomic E-state index is -0.269. The molecule has 0 atom stereocenters. The summed E-state index contributed by atoms with van der Waals surface area (Å²) in [7, 11) is 0. The molecule has 1 amide bonds. The fourth-order valence-corrected chi connectivity index (χ4v) is 1.89. The van der Waals surface area contributed by atoms with Crippen LogP contribution < -0.4 is 5.32 Å². The molecule has 3 heteroatoms. The Labute approximate surface area is 65.2 Å². The molecule has 0 aromatic carbocycles. The quantitative estimate of drug-likeness (QED) is 0.542. The summed E-state index contributed by atoms with van der Waals surface area (Å²) in [5.41, 5.74) is -0.269. The number of amides is 1. The Hall–Kier alpha value is -0.860. The van der Waals surface area contributed by atoms with Crippen LogP contribution >= 0.6 is 0 Å². The smallest absolute Gasteiger partial charge is 0.227 e. The minimum Gasteiger partial charge on any atom is -0.349 e. The van der Waals surface area contributed by atoms with Gasteiger partial charge in [-0.05, 0) is 12.8 Å². The maximum Gasteiger partial charge on any atom is 0.227 e. The van der Waals surface area contributed by atoms with Gasteiger partial charge in [0, 0.05) is 6.42 Å². The summed E-state index contributed by atoms with van der Waals surface area (Å²) in [5, 5.41) is 2.64. The summed E-state index contributed by atoms with van der Waals surface area (Å²) >= 11 is 0. The van der Waals surface area contributed by atoms with E-state index in [1.807, 2.05) is 0 Å². The standard InChI is InChI=1S/C8H11NO2/c10-6-4-8(2-1-3-8)7(11)9-5-6/h1-5H2,(H,9,11). The lowest BCUT2D eigenvalue weighted by molar-refractivity contribution is -0.145. The van der Waals surface area contributed by atoms with Crippen LogP contribution in [0.1, 0.15) is 25.7 Å². The van der Waals surface area contributed by atoms with E-state index in [0.717, 1.165) is 19.3 Å². The van der Waals surface area contributed by atoms with E-state index in [9.17, 15) is 9.59 Å². The zero-order chi connectivity index (χ0) is 7.90. The number of ketones is 1. The third kappa shape index (κ3) is 0.870. The molecule has 0 unspecified atom stereocenters. The Morgan fingerprint density at radius 2 is 2.00 bits per heavy atom. The largest absolute Gasteiger partial charge is 0.349 e. The molecular weight excluding hydrogens is 142 g/mol. The highest BCUT2D eigenvalue weighted by molar-refractivity contribution is 5.97. The molecule has 1 aliphatic heterocycles. The van der Waals surface area contributed by atoms with Crippen LogP contribution in [0.4, 0.5) is 0 Å². The molecule has 2 aliphatic rings. The third-order valence-electron chi connectivity index (χ3n) is 2.77. The van der Waals surface area contributed by atoms with Crippen molar-refractivity contribution in [3.05, 3.63) is 0 Å². The van der Waals surface area contributed by atoms with Crippen LogP contribution in [0.2, 0.25) is 0 Å². The van der Waals surface area contributed by atoms with Crippen LogP contribution in [0.3, 0.4) is 0 Å². The van der Waals surface area contributed by atoms with E-state index < -0.39 is 0 Å². The van der Waals surface area contributed by atoms with Crippen molar-refractivity contribution in [2.24, 2.45) is 5.41 Å². The Balaban J connectivity index is 2.16. The van der Waals surface area contributed by atoms with Crippen molar-refractivity contribution in [2.45, 2.75) is 25.7 Å². The van der Waals surface area contributed by atoms with Crippen molar-refractivity contribution in [1.29, 1.82) is 0 Å². The van der Waals surface area contributed by atoms with Gasteiger partial charge in [-0.15, -0.1) is 0 Å². The number of hydrogen-bond acceptors (Lipinski definition) is 2. The van der Waals surface area contributed by atoms with Gasteiger partial charge in [0.25, 0.3) is 0 Å². The number of nitrogens with one attached hydrogen (secondary N) is 1. The Kier molecular flexibility index (Phi) is 1.28. The number of carbonyl (C=O) groups excluding carboxylic acids is 2. The molecular formula is C8H11NO2. The van der Waals surface area contributed by atoms with E-state index in [0.29, 0.717) is 6.42 Å². The summed E-state index contributed by atoms with van der Waals surface area (Å²) in [6.45, 7) is 0.251. The van der Waals surface area contributed by atoms with Crippen molar-refractivity contribution in [1.82, 2.24) is 5.32 Å². The van der Waals surface area contributed by atoms with Crippen LogP contribution in [-0.2, 0) is 9.59 Å². The predicted molar refractivity (Wildman–Crippen MR) is 38.9 cm³/mol. The summed E-state index contributed by atoms with van der Waals surface area (Å²) in [4.78, 5) is 22.3. The van der Waals surface area contributed by atoms with E-state index in [4.69, 9.17) is 0 Å². The second-order valence-corrected chi connectivity index (χ2v) is 3.53.